The van der Waals surface area contributed by atoms with E-state index in [9.17, 15) is 9.59 Å². The first-order valence-corrected chi connectivity index (χ1v) is 9.05. The maximum absolute atomic E-state index is 12.2. The normalized spacial score (nSPS) is 14.9. The number of carbonyl (C=O) groups excluding carboxylic acids is 2. The maximum atomic E-state index is 12.2. The van der Waals surface area contributed by atoms with E-state index >= 15 is 0 Å². The number of amides is 2. The second-order valence-electron chi connectivity index (χ2n) is 5.90. The van der Waals surface area contributed by atoms with Crippen molar-refractivity contribution in [2.75, 3.05) is 43.5 Å². The number of carbonyl (C=O) groups is 2. The van der Waals surface area contributed by atoms with Gasteiger partial charge in [-0.1, -0.05) is 0 Å². The van der Waals surface area contributed by atoms with E-state index in [1.54, 1.807) is 24.3 Å². The van der Waals surface area contributed by atoms with Gasteiger partial charge in [0.1, 0.15) is 0 Å². The molecule has 1 aliphatic heterocycles. The Bertz CT molecular complexity index is 736. The highest BCUT2D eigenvalue weighted by Crippen LogP contribution is 2.19. The van der Waals surface area contributed by atoms with Crippen molar-refractivity contribution in [1.29, 1.82) is 0 Å². The van der Waals surface area contributed by atoms with Crippen LogP contribution in [0.2, 0.25) is 0 Å². The summed E-state index contributed by atoms with van der Waals surface area (Å²) in [4.78, 5) is 27.0. The predicted octanol–water partition coefficient (Wildman–Crippen LogP) is 2.58. The Kier molecular flexibility index (Phi) is 5.80. The lowest BCUT2D eigenvalue weighted by Crippen LogP contribution is -2.41. The van der Waals surface area contributed by atoms with Gasteiger partial charge in [-0.05, 0) is 48.2 Å². The molecule has 1 saturated heterocycles. The molecule has 6 nitrogen and oxygen atoms in total. The summed E-state index contributed by atoms with van der Waals surface area (Å²) in [5, 5.41) is 7.64. The van der Waals surface area contributed by atoms with E-state index in [2.05, 4.69) is 15.5 Å². The molecule has 2 heterocycles. The maximum Gasteiger partial charge on any atom is 0.265 e. The molecule has 0 unspecified atom stereocenters. The fraction of sp³-hybridized carbons (Fsp3) is 0.333. The molecule has 1 fully saturated rings. The number of rotatable bonds is 5. The van der Waals surface area contributed by atoms with Crippen molar-refractivity contribution in [3.63, 3.8) is 0 Å². The molecule has 0 spiro atoms. The van der Waals surface area contributed by atoms with Crippen molar-refractivity contribution < 1.29 is 14.3 Å². The molecule has 2 aromatic rings. The Morgan fingerprint density at radius 3 is 2.32 bits per heavy atom. The first-order chi connectivity index (χ1) is 12.1. The summed E-state index contributed by atoms with van der Waals surface area (Å²) < 4.78 is 5.27. The average Bonchev–Trinajstić information content (AvgIpc) is 3.03. The summed E-state index contributed by atoms with van der Waals surface area (Å²) in [6.07, 6.45) is 0. The number of nitrogens with zero attached hydrogens (tertiary/aromatic N) is 1. The van der Waals surface area contributed by atoms with Crippen LogP contribution >= 0.6 is 11.3 Å². The van der Waals surface area contributed by atoms with Crippen LogP contribution < -0.4 is 10.6 Å². The summed E-state index contributed by atoms with van der Waals surface area (Å²) in [6, 6.07) is 9.06. The number of benzene rings is 1. The van der Waals surface area contributed by atoms with Gasteiger partial charge in [0.2, 0.25) is 5.91 Å². The van der Waals surface area contributed by atoms with E-state index in [1.807, 2.05) is 18.4 Å². The van der Waals surface area contributed by atoms with Crippen molar-refractivity contribution in [2.24, 2.45) is 0 Å². The Morgan fingerprint density at radius 1 is 1.08 bits per heavy atom. The van der Waals surface area contributed by atoms with Crippen molar-refractivity contribution in [2.45, 2.75) is 6.92 Å². The minimum Gasteiger partial charge on any atom is -0.379 e. The smallest absolute Gasteiger partial charge is 0.265 e. The summed E-state index contributed by atoms with van der Waals surface area (Å²) in [5.74, 6) is -0.163. The molecule has 1 aliphatic rings. The molecule has 132 valence electrons. The quantitative estimate of drug-likeness (QED) is 0.861. The van der Waals surface area contributed by atoms with Crippen LogP contribution in [0.15, 0.2) is 35.7 Å². The first kappa shape index (κ1) is 17.6. The van der Waals surface area contributed by atoms with Gasteiger partial charge in [-0.2, -0.15) is 0 Å². The van der Waals surface area contributed by atoms with Gasteiger partial charge in [0, 0.05) is 24.5 Å². The number of ether oxygens (including phenoxy) is 1. The predicted molar refractivity (Wildman–Crippen MR) is 99.3 cm³/mol. The summed E-state index contributed by atoms with van der Waals surface area (Å²) >= 11 is 1.42. The van der Waals surface area contributed by atoms with Crippen LogP contribution in [0.1, 0.15) is 15.2 Å². The number of nitrogens with one attached hydrogen (secondary N) is 2. The van der Waals surface area contributed by atoms with Crippen LogP contribution in [0.4, 0.5) is 11.4 Å². The second kappa shape index (κ2) is 8.24. The molecule has 0 aliphatic carbocycles. The van der Waals surface area contributed by atoms with Gasteiger partial charge < -0.3 is 15.4 Å². The molecule has 2 amide bonds. The van der Waals surface area contributed by atoms with Crippen molar-refractivity contribution in [1.82, 2.24) is 4.90 Å². The Balaban J connectivity index is 1.52. The largest absolute Gasteiger partial charge is 0.379 e. The van der Waals surface area contributed by atoms with Crippen molar-refractivity contribution >= 4 is 34.5 Å². The van der Waals surface area contributed by atoms with Crippen LogP contribution in [0, 0.1) is 6.92 Å². The number of anilines is 2. The lowest BCUT2D eigenvalue weighted by Gasteiger charge is -2.25. The van der Waals surface area contributed by atoms with E-state index < -0.39 is 0 Å². The third-order valence-electron chi connectivity index (χ3n) is 3.97. The molecule has 0 atom stereocenters. The molecule has 1 aromatic heterocycles. The molecule has 0 saturated carbocycles. The summed E-state index contributed by atoms with van der Waals surface area (Å²) in [6.45, 7) is 5.18. The Hall–Kier alpha value is -2.22. The van der Waals surface area contributed by atoms with Crippen LogP contribution in [0.5, 0.6) is 0 Å². The topological polar surface area (TPSA) is 70.7 Å². The molecule has 25 heavy (non-hydrogen) atoms. The minimum atomic E-state index is -0.114. The van der Waals surface area contributed by atoms with Gasteiger partial charge in [-0.3, -0.25) is 14.5 Å². The highest BCUT2D eigenvalue weighted by atomic mass is 32.1. The highest BCUT2D eigenvalue weighted by Gasteiger charge is 2.14. The van der Waals surface area contributed by atoms with Gasteiger partial charge in [0.05, 0.1) is 24.6 Å². The van der Waals surface area contributed by atoms with Crippen LogP contribution in [-0.2, 0) is 9.53 Å². The van der Waals surface area contributed by atoms with Gasteiger partial charge >= 0.3 is 0 Å². The number of aryl methyl sites for hydroxylation is 1. The van der Waals surface area contributed by atoms with E-state index in [-0.39, 0.29) is 11.8 Å². The molecule has 3 rings (SSSR count). The average molecular weight is 359 g/mol. The number of hydrogen-bond donors (Lipinski definition) is 2. The fourth-order valence-electron chi connectivity index (χ4n) is 2.59. The SMILES string of the molecule is Cc1ccsc1C(=O)Nc1ccc(NC(=O)CN2CCOCC2)cc1. The van der Waals surface area contributed by atoms with Crippen LogP contribution in [-0.4, -0.2) is 49.6 Å². The molecular weight excluding hydrogens is 338 g/mol. The van der Waals surface area contributed by atoms with Gasteiger partial charge in [-0.25, -0.2) is 0 Å². The summed E-state index contributed by atoms with van der Waals surface area (Å²) in [5.41, 5.74) is 2.38. The third-order valence-corrected chi connectivity index (χ3v) is 4.98. The fourth-order valence-corrected chi connectivity index (χ4v) is 3.41. The van der Waals surface area contributed by atoms with Crippen molar-refractivity contribution in [3.05, 3.63) is 46.2 Å². The van der Waals surface area contributed by atoms with E-state index in [4.69, 9.17) is 4.74 Å². The first-order valence-electron chi connectivity index (χ1n) is 8.17. The highest BCUT2D eigenvalue weighted by molar-refractivity contribution is 7.12. The Morgan fingerprint density at radius 2 is 1.72 bits per heavy atom. The number of morpholine rings is 1. The van der Waals surface area contributed by atoms with Gasteiger partial charge in [0.25, 0.3) is 5.91 Å². The van der Waals surface area contributed by atoms with Crippen LogP contribution in [0.3, 0.4) is 0 Å². The third kappa shape index (κ3) is 4.88. The number of thiophene rings is 1. The zero-order chi connectivity index (χ0) is 17.6. The summed E-state index contributed by atoms with van der Waals surface area (Å²) in [7, 11) is 0. The molecule has 2 N–H and O–H groups in total. The number of hydrogen-bond acceptors (Lipinski definition) is 5. The molecule has 0 bridgehead atoms. The van der Waals surface area contributed by atoms with E-state index in [0.29, 0.717) is 36.0 Å². The Labute approximate surface area is 150 Å². The van der Waals surface area contributed by atoms with Crippen LogP contribution in [0.25, 0.3) is 0 Å². The lowest BCUT2D eigenvalue weighted by atomic mass is 10.2. The second-order valence-corrected chi connectivity index (χ2v) is 6.82. The van der Waals surface area contributed by atoms with E-state index in [0.717, 1.165) is 18.7 Å². The van der Waals surface area contributed by atoms with Gasteiger partial charge in [0.15, 0.2) is 0 Å². The minimum absolute atomic E-state index is 0.0482. The monoisotopic (exact) mass is 359 g/mol. The molecular formula is C18H21N3O3S. The lowest BCUT2D eigenvalue weighted by molar-refractivity contribution is -0.118. The van der Waals surface area contributed by atoms with Crippen molar-refractivity contribution in [3.8, 4) is 0 Å². The standard InChI is InChI=1S/C18H21N3O3S/c1-13-6-11-25-17(13)18(23)20-15-4-2-14(3-5-15)19-16(22)12-21-7-9-24-10-8-21/h2-6,11H,7-10,12H2,1H3,(H,19,22)(H,20,23). The van der Waals surface area contributed by atoms with Gasteiger partial charge in [-0.15, -0.1) is 11.3 Å². The molecule has 7 heteroatoms. The molecule has 1 aromatic carbocycles. The molecule has 0 radical (unpaired) electrons. The van der Waals surface area contributed by atoms with E-state index in [1.165, 1.54) is 11.3 Å². The zero-order valence-corrected chi connectivity index (χ0v) is 14.9. The zero-order valence-electron chi connectivity index (χ0n) is 14.1.